The molecule has 2 aromatic heterocycles. The molecule has 3 heterocycles. The van der Waals surface area contributed by atoms with Gasteiger partial charge in [-0.05, 0) is 29.7 Å². The van der Waals surface area contributed by atoms with Crippen molar-refractivity contribution in [1.29, 1.82) is 0 Å². The SMILES string of the molecule is COc1ccc(CN2CCc3nnc(C(NC(=O)c4ccoc4)C(C)C)n3CC2)cc1. The van der Waals surface area contributed by atoms with Crippen molar-refractivity contribution >= 4 is 5.91 Å². The first-order valence-electron chi connectivity index (χ1n) is 10.7. The Kier molecular flexibility index (Phi) is 6.36. The molecule has 1 N–H and O–H groups in total. The molecular weight excluding hydrogens is 394 g/mol. The summed E-state index contributed by atoms with van der Waals surface area (Å²) in [5.41, 5.74) is 1.76. The van der Waals surface area contributed by atoms with E-state index in [1.807, 2.05) is 12.1 Å². The molecule has 0 saturated carbocycles. The lowest BCUT2D eigenvalue weighted by Gasteiger charge is -2.23. The molecular formula is C23H29N5O3. The molecule has 8 heteroatoms. The fraction of sp³-hybridized carbons (Fsp3) is 0.435. The lowest BCUT2D eigenvalue weighted by molar-refractivity contribution is 0.0921. The van der Waals surface area contributed by atoms with Gasteiger partial charge in [0.05, 0.1) is 25.0 Å². The first-order chi connectivity index (χ1) is 15.0. The van der Waals surface area contributed by atoms with E-state index in [0.29, 0.717) is 5.56 Å². The van der Waals surface area contributed by atoms with Crippen LogP contribution in [-0.4, -0.2) is 45.8 Å². The summed E-state index contributed by atoms with van der Waals surface area (Å²) >= 11 is 0. The molecule has 0 saturated heterocycles. The third-order valence-corrected chi connectivity index (χ3v) is 5.73. The van der Waals surface area contributed by atoms with Crippen LogP contribution in [0.2, 0.25) is 0 Å². The molecule has 1 atom stereocenters. The lowest BCUT2D eigenvalue weighted by Crippen LogP contribution is -2.34. The van der Waals surface area contributed by atoms with Crippen molar-refractivity contribution in [3.63, 3.8) is 0 Å². The predicted molar refractivity (Wildman–Crippen MR) is 116 cm³/mol. The Morgan fingerprint density at radius 3 is 2.65 bits per heavy atom. The van der Waals surface area contributed by atoms with Gasteiger partial charge in [0.25, 0.3) is 5.91 Å². The van der Waals surface area contributed by atoms with Gasteiger partial charge >= 0.3 is 0 Å². The zero-order chi connectivity index (χ0) is 21.8. The van der Waals surface area contributed by atoms with Crippen LogP contribution in [0.1, 0.15) is 47.5 Å². The fourth-order valence-corrected chi connectivity index (χ4v) is 3.91. The van der Waals surface area contributed by atoms with Crippen LogP contribution in [-0.2, 0) is 19.5 Å². The molecule has 1 unspecified atom stereocenters. The summed E-state index contributed by atoms with van der Waals surface area (Å²) in [5, 5.41) is 12.0. The first kappa shape index (κ1) is 21.1. The van der Waals surface area contributed by atoms with E-state index in [-0.39, 0.29) is 17.9 Å². The maximum atomic E-state index is 12.6. The van der Waals surface area contributed by atoms with Crippen LogP contribution >= 0.6 is 0 Å². The number of rotatable bonds is 7. The van der Waals surface area contributed by atoms with Crippen LogP contribution in [0.5, 0.6) is 5.75 Å². The van der Waals surface area contributed by atoms with Gasteiger partial charge in [-0.2, -0.15) is 0 Å². The number of carbonyl (C=O) groups excluding carboxylic acids is 1. The summed E-state index contributed by atoms with van der Waals surface area (Å²) in [6, 6.07) is 9.64. The lowest BCUT2D eigenvalue weighted by atomic mass is 10.0. The molecule has 3 aromatic rings. The smallest absolute Gasteiger partial charge is 0.255 e. The monoisotopic (exact) mass is 423 g/mol. The second-order valence-electron chi connectivity index (χ2n) is 8.21. The van der Waals surface area contributed by atoms with Crippen molar-refractivity contribution in [3.05, 3.63) is 65.6 Å². The van der Waals surface area contributed by atoms with Gasteiger partial charge in [0.2, 0.25) is 0 Å². The van der Waals surface area contributed by atoms with Crippen LogP contribution in [0.25, 0.3) is 0 Å². The van der Waals surface area contributed by atoms with Gasteiger partial charge in [-0.1, -0.05) is 26.0 Å². The van der Waals surface area contributed by atoms with E-state index in [0.717, 1.165) is 50.0 Å². The second kappa shape index (κ2) is 9.34. The number of benzene rings is 1. The summed E-state index contributed by atoms with van der Waals surface area (Å²) in [6.07, 6.45) is 3.78. The van der Waals surface area contributed by atoms with Gasteiger partial charge in [-0.3, -0.25) is 9.69 Å². The van der Waals surface area contributed by atoms with Crippen molar-refractivity contribution < 1.29 is 13.9 Å². The number of hydrogen-bond donors (Lipinski definition) is 1. The number of fused-ring (bicyclic) bond motifs is 1. The van der Waals surface area contributed by atoms with Crippen LogP contribution in [0, 0.1) is 5.92 Å². The average molecular weight is 424 g/mol. The van der Waals surface area contributed by atoms with Gasteiger partial charge in [0, 0.05) is 32.6 Å². The van der Waals surface area contributed by atoms with Crippen LogP contribution in [0.3, 0.4) is 0 Å². The Morgan fingerprint density at radius 1 is 1.16 bits per heavy atom. The van der Waals surface area contributed by atoms with Crippen molar-refractivity contribution in [2.24, 2.45) is 5.92 Å². The van der Waals surface area contributed by atoms with Crippen molar-refractivity contribution in [2.45, 2.75) is 39.4 Å². The highest BCUT2D eigenvalue weighted by Crippen LogP contribution is 2.23. The van der Waals surface area contributed by atoms with E-state index in [4.69, 9.17) is 9.15 Å². The van der Waals surface area contributed by atoms with E-state index in [1.54, 1.807) is 13.2 Å². The molecule has 0 fully saturated rings. The van der Waals surface area contributed by atoms with Gasteiger partial charge in [0.1, 0.15) is 17.8 Å². The van der Waals surface area contributed by atoms with E-state index >= 15 is 0 Å². The highest BCUT2D eigenvalue weighted by molar-refractivity contribution is 5.94. The number of methoxy groups -OCH3 is 1. The molecule has 1 aromatic carbocycles. The molecule has 1 amide bonds. The maximum absolute atomic E-state index is 12.6. The van der Waals surface area contributed by atoms with E-state index in [1.165, 1.54) is 18.1 Å². The number of ether oxygens (including phenoxy) is 1. The highest BCUT2D eigenvalue weighted by atomic mass is 16.5. The van der Waals surface area contributed by atoms with Crippen LogP contribution in [0.15, 0.2) is 47.3 Å². The minimum atomic E-state index is -0.225. The maximum Gasteiger partial charge on any atom is 0.255 e. The Hall–Kier alpha value is -3.13. The molecule has 0 bridgehead atoms. The first-order valence-corrected chi connectivity index (χ1v) is 10.7. The number of amides is 1. The minimum absolute atomic E-state index is 0.167. The fourth-order valence-electron chi connectivity index (χ4n) is 3.91. The van der Waals surface area contributed by atoms with Crippen molar-refractivity contribution in [1.82, 2.24) is 25.0 Å². The zero-order valence-corrected chi connectivity index (χ0v) is 18.2. The Bertz CT molecular complexity index is 995. The number of furan rings is 1. The molecule has 0 spiro atoms. The summed E-state index contributed by atoms with van der Waals surface area (Å²) in [4.78, 5) is 15.0. The molecule has 1 aliphatic heterocycles. The van der Waals surface area contributed by atoms with Crippen LogP contribution < -0.4 is 10.1 Å². The molecule has 8 nitrogen and oxygen atoms in total. The van der Waals surface area contributed by atoms with Gasteiger partial charge in [-0.15, -0.1) is 10.2 Å². The highest BCUT2D eigenvalue weighted by Gasteiger charge is 2.28. The zero-order valence-electron chi connectivity index (χ0n) is 18.2. The quantitative estimate of drug-likeness (QED) is 0.629. The van der Waals surface area contributed by atoms with Gasteiger partial charge < -0.3 is 19.0 Å². The Morgan fingerprint density at radius 2 is 1.97 bits per heavy atom. The Labute approximate surface area is 182 Å². The number of nitrogens with one attached hydrogen (secondary N) is 1. The van der Waals surface area contributed by atoms with Crippen molar-refractivity contribution in [2.75, 3.05) is 20.2 Å². The molecule has 0 aliphatic carbocycles. The van der Waals surface area contributed by atoms with E-state index in [2.05, 4.69) is 51.0 Å². The Balaban J connectivity index is 1.46. The predicted octanol–water partition coefficient (Wildman–Crippen LogP) is 3.07. The second-order valence-corrected chi connectivity index (χ2v) is 8.21. The van der Waals surface area contributed by atoms with Crippen LogP contribution in [0.4, 0.5) is 0 Å². The molecule has 0 radical (unpaired) electrons. The molecule has 31 heavy (non-hydrogen) atoms. The molecule has 164 valence electrons. The average Bonchev–Trinajstić information content (AvgIpc) is 3.40. The molecule has 1 aliphatic rings. The summed E-state index contributed by atoms with van der Waals surface area (Å²) in [5.74, 6) is 2.65. The van der Waals surface area contributed by atoms with Gasteiger partial charge in [-0.25, -0.2) is 0 Å². The van der Waals surface area contributed by atoms with Crippen molar-refractivity contribution in [3.8, 4) is 5.75 Å². The number of carbonyl (C=O) groups is 1. The van der Waals surface area contributed by atoms with Gasteiger partial charge in [0.15, 0.2) is 5.82 Å². The minimum Gasteiger partial charge on any atom is -0.497 e. The summed E-state index contributed by atoms with van der Waals surface area (Å²) in [6.45, 7) is 7.63. The summed E-state index contributed by atoms with van der Waals surface area (Å²) < 4.78 is 12.5. The number of nitrogens with zero attached hydrogens (tertiary/aromatic N) is 4. The normalized spacial score (nSPS) is 15.4. The van der Waals surface area contributed by atoms with E-state index in [9.17, 15) is 4.79 Å². The largest absolute Gasteiger partial charge is 0.497 e. The summed E-state index contributed by atoms with van der Waals surface area (Å²) in [7, 11) is 1.68. The number of hydrogen-bond acceptors (Lipinski definition) is 6. The standard InChI is InChI=1S/C23H29N5O3/c1-16(2)21(24-23(29)18-9-13-31-15-18)22-26-25-20-8-10-27(11-12-28(20)22)14-17-4-6-19(30-3)7-5-17/h4-7,9,13,15-16,21H,8,10-12,14H2,1-3H3,(H,24,29). The third-order valence-electron chi connectivity index (χ3n) is 5.73. The number of aromatic nitrogens is 3. The molecule has 4 rings (SSSR count). The third kappa shape index (κ3) is 4.80. The van der Waals surface area contributed by atoms with E-state index < -0.39 is 0 Å². The topological polar surface area (TPSA) is 85.4 Å².